The van der Waals surface area contributed by atoms with Gasteiger partial charge in [-0.15, -0.1) is 0 Å². The highest BCUT2D eigenvalue weighted by Crippen LogP contribution is 2.45. The van der Waals surface area contributed by atoms with Crippen molar-refractivity contribution in [1.82, 2.24) is 5.32 Å². The van der Waals surface area contributed by atoms with Gasteiger partial charge in [0.2, 0.25) is 0 Å². The van der Waals surface area contributed by atoms with E-state index in [4.69, 9.17) is 0 Å². The molecule has 1 fully saturated rings. The van der Waals surface area contributed by atoms with E-state index in [0.29, 0.717) is 5.56 Å². The van der Waals surface area contributed by atoms with Crippen LogP contribution < -0.4 is 5.32 Å². The van der Waals surface area contributed by atoms with Gasteiger partial charge >= 0.3 is 0 Å². The fourth-order valence-electron chi connectivity index (χ4n) is 3.50. The third-order valence-electron chi connectivity index (χ3n) is 5.08. The van der Waals surface area contributed by atoms with Crippen LogP contribution in [-0.4, -0.2) is 17.6 Å². The van der Waals surface area contributed by atoms with Gasteiger partial charge in [0, 0.05) is 5.56 Å². The average molecular weight is 331 g/mol. The second-order valence-corrected chi connectivity index (χ2v) is 6.77. The summed E-state index contributed by atoms with van der Waals surface area (Å²) in [7, 11) is 0. The van der Waals surface area contributed by atoms with Crippen molar-refractivity contribution in [1.29, 1.82) is 0 Å². The number of rotatable bonds is 5. The fourth-order valence-corrected chi connectivity index (χ4v) is 3.50. The summed E-state index contributed by atoms with van der Waals surface area (Å²) in [5.74, 6) is 0.0644. The van der Waals surface area contributed by atoms with E-state index >= 15 is 0 Å². The number of carbonyl (C=O) groups excluding carboxylic acids is 1. The van der Waals surface area contributed by atoms with Crippen LogP contribution in [0.3, 0.4) is 0 Å². The second kappa shape index (κ2) is 6.34. The highest BCUT2D eigenvalue weighted by atomic mass is 16.3. The Labute approximate surface area is 147 Å². The molecule has 3 aromatic carbocycles. The lowest BCUT2D eigenvalue weighted by Gasteiger charge is -2.29. The summed E-state index contributed by atoms with van der Waals surface area (Å²) < 4.78 is 0. The van der Waals surface area contributed by atoms with Gasteiger partial charge in [-0.3, -0.25) is 4.79 Å². The van der Waals surface area contributed by atoms with E-state index in [-0.39, 0.29) is 18.4 Å². The number of carbonyl (C=O) groups is 1. The molecule has 3 heteroatoms. The minimum absolute atomic E-state index is 0.146. The first-order valence-electron chi connectivity index (χ1n) is 8.72. The van der Waals surface area contributed by atoms with E-state index in [9.17, 15) is 9.90 Å². The minimum Gasteiger partial charge on any atom is -0.383 e. The Hall–Kier alpha value is -2.65. The number of hydrogen-bond acceptors (Lipinski definition) is 2. The zero-order valence-corrected chi connectivity index (χ0v) is 14.0. The molecule has 0 saturated heterocycles. The first-order chi connectivity index (χ1) is 12.2. The molecule has 0 unspecified atom stereocenters. The van der Waals surface area contributed by atoms with Crippen molar-refractivity contribution in [3.63, 3.8) is 0 Å². The van der Waals surface area contributed by atoms with Crippen molar-refractivity contribution < 1.29 is 9.90 Å². The van der Waals surface area contributed by atoms with Gasteiger partial charge in [-0.25, -0.2) is 0 Å². The highest BCUT2D eigenvalue weighted by Gasteiger charge is 2.45. The van der Waals surface area contributed by atoms with Crippen LogP contribution in [0.15, 0.2) is 72.8 Å². The predicted molar refractivity (Wildman–Crippen MR) is 99.3 cm³/mol. The maximum Gasteiger partial charge on any atom is 0.252 e. The summed E-state index contributed by atoms with van der Waals surface area (Å²) in [6, 6.07) is 23.2. The molecular formula is C22H21NO2. The average Bonchev–Trinajstić information content (AvgIpc) is 3.52. The molecule has 1 aliphatic rings. The molecule has 4 rings (SSSR count). The van der Waals surface area contributed by atoms with Crippen molar-refractivity contribution in [2.75, 3.05) is 6.54 Å². The summed E-state index contributed by atoms with van der Waals surface area (Å²) in [5.41, 5.74) is 0.515. The molecule has 1 aliphatic carbocycles. The van der Waals surface area contributed by atoms with Gasteiger partial charge in [-0.05, 0) is 41.2 Å². The van der Waals surface area contributed by atoms with Gasteiger partial charge in [0.15, 0.2) is 0 Å². The number of fused-ring (bicyclic) bond motifs is 1. The van der Waals surface area contributed by atoms with E-state index in [1.807, 2.05) is 72.8 Å². The van der Waals surface area contributed by atoms with E-state index in [1.165, 1.54) is 0 Å². The van der Waals surface area contributed by atoms with Gasteiger partial charge in [0.05, 0.1) is 6.54 Å². The lowest BCUT2D eigenvalue weighted by Crippen LogP contribution is -2.42. The first-order valence-corrected chi connectivity index (χ1v) is 8.72. The zero-order chi connectivity index (χ0) is 17.3. The molecule has 0 radical (unpaired) electrons. The summed E-state index contributed by atoms with van der Waals surface area (Å²) in [6.45, 7) is 0.226. The monoisotopic (exact) mass is 331 g/mol. The molecule has 25 heavy (non-hydrogen) atoms. The Morgan fingerprint density at radius 3 is 2.40 bits per heavy atom. The Morgan fingerprint density at radius 2 is 1.64 bits per heavy atom. The maximum absolute atomic E-state index is 12.8. The highest BCUT2D eigenvalue weighted by molar-refractivity contribution is 6.07. The number of aliphatic hydroxyl groups is 1. The van der Waals surface area contributed by atoms with Gasteiger partial charge in [-0.1, -0.05) is 66.7 Å². The molecule has 126 valence electrons. The normalized spacial score (nSPS) is 16.4. The van der Waals surface area contributed by atoms with E-state index in [0.717, 1.165) is 29.2 Å². The van der Waals surface area contributed by atoms with Crippen molar-refractivity contribution in [3.8, 4) is 0 Å². The number of nitrogens with one attached hydrogen (secondary N) is 1. The molecule has 1 atom stereocenters. The third kappa shape index (κ3) is 3.03. The molecule has 2 N–H and O–H groups in total. The first kappa shape index (κ1) is 15.9. The van der Waals surface area contributed by atoms with Gasteiger partial charge in [0.25, 0.3) is 5.91 Å². The topological polar surface area (TPSA) is 49.3 Å². The van der Waals surface area contributed by atoms with Crippen LogP contribution in [-0.2, 0) is 5.60 Å². The molecule has 3 aromatic rings. The van der Waals surface area contributed by atoms with Crippen LogP contribution >= 0.6 is 0 Å². The van der Waals surface area contributed by atoms with Crippen LogP contribution in [0.25, 0.3) is 10.8 Å². The summed E-state index contributed by atoms with van der Waals surface area (Å²) in [4.78, 5) is 12.8. The number of benzene rings is 3. The Balaban J connectivity index is 1.58. The third-order valence-corrected chi connectivity index (χ3v) is 5.08. The molecule has 3 nitrogen and oxygen atoms in total. The lowest BCUT2D eigenvalue weighted by molar-refractivity contribution is 0.0135. The zero-order valence-electron chi connectivity index (χ0n) is 14.0. The largest absolute Gasteiger partial charge is 0.383 e. The molecule has 0 spiro atoms. The summed E-state index contributed by atoms with van der Waals surface area (Å²) in [5, 5.41) is 16.1. The number of hydrogen-bond donors (Lipinski definition) is 2. The number of amides is 1. The van der Waals surface area contributed by atoms with E-state index in [2.05, 4.69) is 5.32 Å². The van der Waals surface area contributed by atoms with Gasteiger partial charge < -0.3 is 10.4 Å². The molecule has 0 aliphatic heterocycles. The van der Waals surface area contributed by atoms with Crippen LogP contribution in [0, 0.1) is 5.92 Å². The van der Waals surface area contributed by atoms with Gasteiger partial charge in [-0.2, -0.15) is 0 Å². The van der Waals surface area contributed by atoms with Crippen LogP contribution in [0.5, 0.6) is 0 Å². The lowest BCUT2D eigenvalue weighted by atomic mass is 9.88. The Bertz CT molecular complexity index is 897. The van der Waals surface area contributed by atoms with Crippen molar-refractivity contribution in [2.45, 2.75) is 18.4 Å². The van der Waals surface area contributed by atoms with E-state index < -0.39 is 5.60 Å². The molecule has 0 bridgehead atoms. The maximum atomic E-state index is 12.8. The second-order valence-electron chi connectivity index (χ2n) is 6.77. The molecule has 0 heterocycles. The molecule has 0 aromatic heterocycles. The van der Waals surface area contributed by atoms with E-state index in [1.54, 1.807) is 0 Å². The smallest absolute Gasteiger partial charge is 0.252 e. The van der Waals surface area contributed by atoms with Crippen LogP contribution in [0.1, 0.15) is 28.8 Å². The molecular weight excluding hydrogens is 310 g/mol. The minimum atomic E-state index is -0.999. The Kier molecular flexibility index (Phi) is 4.02. The van der Waals surface area contributed by atoms with Crippen molar-refractivity contribution in [2.24, 2.45) is 5.92 Å². The molecule has 1 saturated carbocycles. The van der Waals surface area contributed by atoms with Crippen LogP contribution in [0.4, 0.5) is 0 Å². The SMILES string of the molecule is O=C(NC[C@@](O)(c1ccccc1)C1CC1)c1cccc2ccccc12. The van der Waals surface area contributed by atoms with Crippen molar-refractivity contribution >= 4 is 16.7 Å². The summed E-state index contributed by atoms with van der Waals surface area (Å²) >= 11 is 0. The quantitative estimate of drug-likeness (QED) is 0.746. The summed E-state index contributed by atoms with van der Waals surface area (Å²) in [6.07, 6.45) is 1.99. The molecule has 1 amide bonds. The Morgan fingerprint density at radius 1 is 0.960 bits per heavy atom. The van der Waals surface area contributed by atoms with Crippen molar-refractivity contribution in [3.05, 3.63) is 83.9 Å². The standard InChI is InChI=1S/C22H21NO2/c24-21(20-12-6-8-16-7-4-5-11-19(16)20)23-15-22(25,18-13-14-18)17-9-2-1-3-10-17/h1-12,18,25H,13-15H2,(H,23,24)/t22-/m1/s1. The predicted octanol–water partition coefficient (Wildman–Crippen LogP) is 3.87. The van der Waals surface area contributed by atoms with Crippen LogP contribution in [0.2, 0.25) is 0 Å². The fraction of sp³-hybridized carbons (Fsp3) is 0.227. The van der Waals surface area contributed by atoms with Gasteiger partial charge in [0.1, 0.15) is 5.60 Å².